The normalized spacial score (nSPS) is 23.8. The number of hydrogen-bond acceptors (Lipinski definition) is 2. The van der Waals surface area contributed by atoms with Crippen molar-refractivity contribution < 1.29 is 0 Å². The van der Waals surface area contributed by atoms with E-state index in [-0.39, 0.29) is 0 Å². The lowest BCUT2D eigenvalue weighted by atomic mass is 10.1. The van der Waals surface area contributed by atoms with Gasteiger partial charge in [-0.2, -0.15) is 0 Å². The highest BCUT2D eigenvalue weighted by Gasteiger charge is 2.16. The molecule has 2 rings (SSSR count). The van der Waals surface area contributed by atoms with Crippen LogP contribution in [-0.4, -0.2) is 5.75 Å². The van der Waals surface area contributed by atoms with Crippen molar-refractivity contribution in [2.75, 3.05) is 5.75 Å². The van der Waals surface area contributed by atoms with Gasteiger partial charge in [-0.25, -0.2) is 0 Å². The van der Waals surface area contributed by atoms with Crippen molar-refractivity contribution in [3.63, 3.8) is 0 Å². The van der Waals surface area contributed by atoms with Crippen LogP contribution in [0.25, 0.3) is 0 Å². The van der Waals surface area contributed by atoms with Crippen molar-refractivity contribution >= 4 is 23.1 Å². The van der Waals surface area contributed by atoms with Crippen molar-refractivity contribution in [1.29, 1.82) is 0 Å². The second kappa shape index (κ2) is 3.67. The molecule has 2 heterocycles. The van der Waals surface area contributed by atoms with Gasteiger partial charge >= 0.3 is 0 Å². The summed E-state index contributed by atoms with van der Waals surface area (Å²) in [5.74, 6) is 1.19. The average Bonchev–Trinajstić information content (AvgIpc) is 2.56. The van der Waals surface area contributed by atoms with E-state index in [9.17, 15) is 0 Å². The number of allylic oxidation sites excluding steroid dienone is 1. The molecule has 0 saturated heterocycles. The van der Waals surface area contributed by atoms with E-state index in [0.717, 1.165) is 5.25 Å². The number of rotatable bonds is 1. The summed E-state index contributed by atoms with van der Waals surface area (Å²) in [5, 5.41) is 2.90. The molecule has 12 heavy (non-hydrogen) atoms. The molecule has 1 atom stereocenters. The predicted octanol–water partition coefficient (Wildman–Crippen LogP) is 3.87. The van der Waals surface area contributed by atoms with Crippen LogP contribution in [0.2, 0.25) is 0 Å². The first kappa shape index (κ1) is 8.39. The summed E-state index contributed by atoms with van der Waals surface area (Å²) in [5.41, 5.74) is 1.55. The van der Waals surface area contributed by atoms with Crippen LogP contribution in [0.15, 0.2) is 29.2 Å². The second-order valence-corrected chi connectivity index (χ2v) is 5.31. The highest BCUT2D eigenvalue weighted by atomic mass is 32.2. The van der Waals surface area contributed by atoms with Gasteiger partial charge in [0.15, 0.2) is 0 Å². The molecule has 0 aromatic carbocycles. The highest BCUT2D eigenvalue weighted by molar-refractivity contribution is 7.99. The topological polar surface area (TPSA) is 0 Å². The van der Waals surface area contributed by atoms with Crippen molar-refractivity contribution in [3.05, 3.63) is 34.0 Å². The van der Waals surface area contributed by atoms with E-state index in [1.807, 2.05) is 11.3 Å². The smallest absolute Gasteiger partial charge is 0.0431 e. The summed E-state index contributed by atoms with van der Waals surface area (Å²) in [4.78, 5) is 1.53. The average molecular weight is 196 g/mol. The molecule has 0 radical (unpaired) electrons. The minimum absolute atomic E-state index is 0.731. The molecule has 1 aliphatic heterocycles. The Kier molecular flexibility index (Phi) is 2.57. The molecule has 0 spiro atoms. The van der Waals surface area contributed by atoms with E-state index in [1.54, 1.807) is 5.57 Å². The molecule has 1 aliphatic rings. The van der Waals surface area contributed by atoms with E-state index in [1.165, 1.54) is 17.1 Å². The molecule has 0 N–H and O–H groups in total. The molecule has 1 aromatic rings. The molecule has 1 unspecified atom stereocenters. The Labute approximate surface area is 81.7 Å². The lowest BCUT2D eigenvalue weighted by Gasteiger charge is -2.19. The van der Waals surface area contributed by atoms with Gasteiger partial charge in [0.05, 0.1) is 0 Å². The van der Waals surface area contributed by atoms with Gasteiger partial charge in [-0.15, -0.1) is 23.1 Å². The third-order valence-corrected chi connectivity index (χ3v) is 4.41. The fourth-order valence-corrected chi connectivity index (χ4v) is 3.71. The third kappa shape index (κ3) is 1.75. The maximum absolute atomic E-state index is 2.34. The Hall–Kier alpha value is -0.210. The Bertz CT molecular complexity index is 272. The summed E-state index contributed by atoms with van der Waals surface area (Å²) >= 11 is 3.94. The highest BCUT2D eigenvalue weighted by Crippen LogP contribution is 2.39. The third-order valence-electron chi connectivity index (χ3n) is 2.10. The monoisotopic (exact) mass is 196 g/mol. The van der Waals surface area contributed by atoms with E-state index in [2.05, 4.69) is 42.3 Å². The molecule has 64 valence electrons. The molecule has 0 fully saturated rings. The molecular formula is C10H12S2. The molecule has 0 aliphatic carbocycles. The first-order valence-corrected chi connectivity index (χ1v) is 6.10. The second-order valence-electron chi connectivity index (χ2n) is 3.09. The molecule has 2 heteroatoms. The van der Waals surface area contributed by atoms with Crippen molar-refractivity contribution in [3.8, 4) is 0 Å². The van der Waals surface area contributed by atoms with Crippen LogP contribution in [-0.2, 0) is 0 Å². The fraction of sp³-hybridized carbons (Fsp3) is 0.400. The first-order valence-electron chi connectivity index (χ1n) is 4.17. The zero-order valence-electron chi connectivity index (χ0n) is 7.12. The minimum Gasteiger partial charge on any atom is -0.148 e. The SMILES string of the molecule is CC1=CCSC(c2cccs2)C1. The summed E-state index contributed by atoms with van der Waals surface area (Å²) in [6.45, 7) is 2.24. The van der Waals surface area contributed by atoms with Gasteiger partial charge in [0.25, 0.3) is 0 Å². The first-order chi connectivity index (χ1) is 5.86. The summed E-state index contributed by atoms with van der Waals surface area (Å²) < 4.78 is 0. The van der Waals surface area contributed by atoms with E-state index >= 15 is 0 Å². The molecule has 0 nitrogen and oxygen atoms in total. The predicted molar refractivity (Wildman–Crippen MR) is 57.9 cm³/mol. The van der Waals surface area contributed by atoms with E-state index in [0.29, 0.717) is 0 Å². The largest absolute Gasteiger partial charge is 0.148 e. The Morgan fingerprint density at radius 2 is 2.42 bits per heavy atom. The van der Waals surface area contributed by atoms with E-state index < -0.39 is 0 Å². The van der Waals surface area contributed by atoms with Gasteiger partial charge in [-0.1, -0.05) is 17.7 Å². The Morgan fingerprint density at radius 3 is 3.08 bits per heavy atom. The van der Waals surface area contributed by atoms with Crippen molar-refractivity contribution in [2.45, 2.75) is 18.6 Å². The summed E-state index contributed by atoms with van der Waals surface area (Å²) in [7, 11) is 0. The van der Waals surface area contributed by atoms with Crippen molar-refractivity contribution in [1.82, 2.24) is 0 Å². The molecule has 0 amide bonds. The number of thiophene rings is 1. The molecule has 1 aromatic heterocycles. The summed E-state index contributed by atoms with van der Waals surface area (Å²) in [6.07, 6.45) is 3.58. The van der Waals surface area contributed by atoms with Gasteiger partial charge in [-0.3, -0.25) is 0 Å². The van der Waals surface area contributed by atoms with Crippen LogP contribution in [0, 0.1) is 0 Å². The van der Waals surface area contributed by atoms with Gasteiger partial charge < -0.3 is 0 Å². The van der Waals surface area contributed by atoms with Gasteiger partial charge in [-0.05, 0) is 24.8 Å². The zero-order valence-corrected chi connectivity index (χ0v) is 8.75. The van der Waals surface area contributed by atoms with Gasteiger partial charge in [0.2, 0.25) is 0 Å². The standard InChI is InChI=1S/C10H12S2/c1-8-4-6-12-10(7-8)9-3-2-5-11-9/h2-5,10H,6-7H2,1H3. The number of hydrogen-bond donors (Lipinski definition) is 0. The van der Waals surface area contributed by atoms with E-state index in [4.69, 9.17) is 0 Å². The fourth-order valence-electron chi connectivity index (χ4n) is 1.40. The van der Waals surface area contributed by atoms with Crippen LogP contribution < -0.4 is 0 Å². The lowest BCUT2D eigenvalue weighted by Crippen LogP contribution is -1.98. The Morgan fingerprint density at radius 1 is 1.50 bits per heavy atom. The summed E-state index contributed by atoms with van der Waals surface area (Å²) in [6, 6.07) is 4.40. The quantitative estimate of drug-likeness (QED) is 0.614. The molecule has 0 bridgehead atoms. The van der Waals surface area contributed by atoms with Crippen LogP contribution in [0.4, 0.5) is 0 Å². The zero-order chi connectivity index (χ0) is 8.39. The van der Waals surface area contributed by atoms with Gasteiger partial charge in [0.1, 0.15) is 0 Å². The van der Waals surface area contributed by atoms with Crippen LogP contribution >= 0.6 is 23.1 Å². The Balaban J connectivity index is 2.12. The van der Waals surface area contributed by atoms with Gasteiger partial charge in [0, 0.05) is 15.9 Å². The molecule has 0 saturated carbocycles. The maximum Gasteiger partial charge on any atom is 0.0431 e. The van der Waals surface area contributed by atoms with Crippen molar-refractivity contribution in [2.24, 2.45) is 0 Å². The minimum atomic E-state index is 0.731. The lowest BCUT2D eigenvalue weighted by molar-refractivity contribution is 0.919. The van der Waals surface area contributed by atoms with Crippen LogP contribution in [0.5, 0.6) is 0 Å². The maximum atomic E-state index is 2.34. The van der Waals surface area contributed by atoms with Crippen LogP contribution in [0.1, 0.15) is 23.5 Å². The van der Waals surface area contributed by atoms with Crippen LogP contribution in [0.3, 0.4) is 0 Å². The molecular weight excluding hydrogens is 184 g/mol. The number of thioether (sulfide) groups is 1.